The smallest absolute Gasteiger partial charge is 0.192 e. The summed E-state index contributed by atoms with van der Waals surface area (Å²) in [4.78, 5) is 0. The molecule has 2 aromatic carbocycles. The van der Waals surface area contributed by atoms with E-state index in [0.29, 0.717) is 17.1 Å². The molecule has 0 aliphatic heterocycles. The molecular weight excluding hydrogens is 331 g/mol. The maximum Gasteiger partial charge on any atom is 0.192 e. The molecule has 0 atom stereocenters. The van der Waals surface area contributed by atoms with Crippen molar-refractivity contribution in [3.8, 4) is 33.8 Å². The van der Waals surface area contributed by atoms with Gasteiger partial charge in [-0.05, 0) is 46.5 Å². The first-order valence-corrected chi connectivity index (χ1v) is 5.85. The topological polar surface area (TPSA) is 81.5 Å². The van der Waals surface area contributed by atoms with Crippen LogP contribution < -0.4 is 14.5 Å². The van der Waals surface area contributed by atoms with Crippen molar-refractivity contribution in [1.82, 2.24) is 0 Å². The molecule has 3 rings (SSSR count). The highest BCUT2D eigenvalue weighted by Crippen LogP contribution is 2.52. The minimum absolute atomic E-state index is 0.0992. The van der Waals surface area contributed by atoms with E-state index in [9.17, 15) is 5.11 Å². The number of anilines is 2. The van der Waals surface area contributed by atoms with Crippen LogP contribution in [0.4, 0.5) is 11.4 Å². The maximum absolute atomic E-state index is 9.57. The number of phenolic OH excluding ortho intramolecular Hbond substituents is 1. The quantitative estimate of drug-likeness (QED) is 0.361. The van der Waals surface area contributed by atoms with Crippen LogP contribution in [0.1, 0.15) is 0 Å². The Labute approximate surface area is 112 Å². The summed E-state index contributed by atoms with van der Waals surface area (Å²) in [6.45, 7) is 0. The summed E-state index contributed by atoms with van der Waals surface area (Å²) in [5.41, 5.74) is 16.5. The number of aromatic hydroxyl groups is 1. The highest BCUT2D eigenvalue weighted by atomic mass is 127. The van der Waals surface area contributed by atoms with E-state index >= 15 is 0 Å². The van der Waals surface area contributed by atoms with Crippen LogP contribution in [-0.4, -0.2) is 5.11 Å². The first-order valence-electron chi connectivity index (χ1n) is 4.97. The van der Waals surface area contributed by atoms with Crippen molar-refractivity contribution in [3.63, 3.8) is 0 Å². The van der Waals surface area contributed by atoms with Crippen molar-refractivity contribution in [2.24, 2.45) is 0 Å². The molecule has 0 bridgehead atoms. The number of nitrogen functional groups attached to an aromatic ring is 2. The summed E-state index contributed by atoms with van der Waals surface area (Å²) in [5.74, 6) is 0.740. The minimum atomic E-state index is 0.0992. The second-order valence-corrected chi connectivity index (χ2v) is 4.41. The second-order valence-electron chi connectivity index (χ2n) is 3.97. The van der Waals surface area contributed by atoms with Gasteiger partial charge >= 0.3 is 0 Å². The molecule has 5 N–H and O–H groups in total. The largest absolute Gasteiger partial charge is 0.506 e. The van der Waals surface area contributed by atoms with Gasteiger partial charge in [-0.1, -0.05) is 0 Å². The fraction of sp³-hybridized carbons (Fsp3) is 0. The van der Waals surface area contributed by atoms with E-state index in [1.54, 1.807) is 35.1 Å². The van der Waals surface area contributed by atoms with Crippen molar-refractivity contribution in [2.75, 3.05) is 11.5 Å². The van der Waals surface area contributed by atoms with Crippen molar-refractivity contribution in [3.05, 3.63) is 24.3 Å². The second kappa shape index (κ2) is 3.43. The van der Waals surface area contributed by atoms with Crippen molar-refractivity contribution < 1.29 is 8.17 Å². The zero-order valence-corrected chi connectivity index (χ0v) is 10.9. The average molecular weight is 340 g/mol. The highest BCUT2D eigenvalue weighted by Gasteiger charge is 2.25. The van der Waals surface area contributed by atoms with E-state index in [1.807, 2.05) is 12.1 Å². The summed E-state index contributed by atoms with van der Waals surface area (Å²) in [6.07, 6.45) is 0. The highest BCUT2D eigenvalue weighted by molar-refractivity contribution is 14.1. The lowest BCUT2D eigenvalue weighted by Gasteiger charge is -2.25. The van der Waals surface area contributed by atoms with Crippen molar-refractivity contribution in [1.29, 1.82) is 0 Å². The van der Waals surface area contributed by atoms with Crippen molar-refractivity contribution >= 4 is 34.4 Å². The third-order valence-electron chi connectivity index (χ3n) is 2.98. The Balaban J connectivity index is 2.21. The molecule has 0 saturated carbocycles. The molecular formula is C12H9IN2O2. The van der Waals surface area contributed by atoms with Crippen LogP contribution in [-0.2, 0) is 0 Å². The number of hydrogen-bond acceptors (Lipinski definition) is 4. The van der Waals surface area contributed by atoms with Gasteiger partial charge in [0.1, 0.15) is 5.75 Å². The van der Waals surface area contributed by atoms with Crippen LogP contribution in [0.5, 0.6) is 11.5 Å². The fourth-order valence-corrected chi connectivity index (χ4v) is 2.48. The lowest BCUT2D eigenvalue weighted by atomic mass is 9.80. The van der Waals surface area contributed by atoms with Gasteiger partial charge in [0, 0.05) is 0 Å². The van der Waals surface area contributed by atoms with E-state index in [2.05, 4.69) is 0 Å². The molecule has 0 fully saturated rings. The molecule has 0 unspecified atom stereocenters. The van der Waals surface area contributed by atoms with Crippen LogP contribution in [0.15, 0.2) is 24.3 Å². The van der Waals surface area contributed by atoms with Crippen LogP contribution in [0.25, 0.3) is 22.3 Å². The summed E-state index contributed by atoms with van der Waals surface area (Å²) < 4.78 is 5.15. The molecule has 17 heavy (non-hydrogen) atoms. The van der Waals surface area contributed by atoms with Crippen LogP contribution >= 0.6 is 23.0 Å². The van der Waals surface area contributed by atoms with Gasteiger partial charge in [0.25, 0.3) is 0 Å². The van der Waals surface area contributed by atoms with Gasteiger partial charge in [-0.2, -0.15) is 0 Å². The summed E-state index contributed by atoms with van der Waals surface area (Å²) >= 11 is 1.80. The minimum Gasteiger partial charge on any atom is -0.506 e. The SMILES string of the molecule is Nc1cc2c(cc1O)-c1cc(N)c(OI)cc1-2. The zero-order chi connectivity index (χ0) is 12.2. The van der Waals surface area contributed by atoms with Crippen LogP contribution in [0.2, 0.25) is 0 Å². The number of fused-ring (bicyclic) bond motifs is 4. The molecule has 0 heterocycles. The molecule has 0 aromatic heterocycles. The Bertz CT molecular complexity index is 641. The average Bonchev–Trinajstić information content (AvgIpc) is 2.32. The van der Waals surface area contributed by atoms with E-state index in [-0.39, 0.29) is 5.75 Å². The zero-order valence-electron chi connectivity index (χ0n) is 8.70. The molecule has 4 nitrogen and oxygen atoms in total. The fourth-order valence-electron chi connectivity index (χ4n) is 2.10. The molecule has 0 amide bonds. The normalized spacial score (nSPS) is 11.4. The van der Waals surface area contributed by atoms with Gasteiger partial charge in [0.15, 0.2) is 28.8 Å². The van der Waals surface area contributed by atoms with Gasteiger partial charge in [0.05, 0.1) is 11.4 Å². The van der Waals surface area contributed by atoms with Gasteiger partial charge in [-0.3, -0.25) is 0 Å². The molecule has 0 saturated heterocycles. The summed E-state index contributed by atoms with van der Waals surface area (Å²) in [6, 6.07) is 7.16. The first-order chi connectivity index (χ1) is 8.11. The predicted molar refractivity (Wildman–Crippen MR) is 76.0 cm³/mol. The Kier molecular flexibility index (Phi) is 2.12. The van der Waals surface area contributed by atoms with E-state index in [0.717, 1.165) is 22.3 Å². The standard InChI is InChI=1S/C12H9IN2O2/c13-17-12-4-8-5-1-9(14)11(16)3-7(5)6(8)2-10(12)15/h1-4,16H,14-15H2. The molecule has 5 heteroatoms. The van der Waals surface area contributed by atoms with Crippen LogP contribution in [0.3, 0.4) is 0 Å². The third-order valence-corrected chi connectivity index (χ3v) is 3.45. The molecule has 86 valence electrons. The lowest BCUT2D eigenvalue weighted by molar-refractivity contribution is 0.478. The van der Waals surface area contributed by atoms with E-state index in [4.69, 9.17) is 14.5 Å². The van der Waals surface area contributed by atoms with E-state index in [1.165, 1.54) is 0 Å². The number of phenols is 1. The molecule has 0 spiro atoms. The number of halogens is 1. The third kappa shape index (κ3) is 1.35. The maximum atomic E-state index is 9.57. The first kappa shape index (κ1) is 10.5. The molecule has 1 aliphatic rings. The van der Waals surface area contributed by atoms with E-state index < -0.39 is 0 Å². The number of hydrogen-bond donors (Lipinski definition) is 3. The summed E-state index contributed by atoms with van der Waals surface area (Å²) in [5, 5.41) is 9.57. The predicted octanol–water partition coefficient (Wildman–Crippen LogP) is 2.93. The lowest BCUT2D eigenvalue weighted by Crippen LogP contribution is -2.02. The molecule has 0 radical (unpaired) electrons. The van der Waals surface area contributed by atoms with Crippen LogP contribution in [0, 0.1) is 0 Å². The Hall–Kier alpha value is -1.63. The Morgan fingerprint density at radius 2 is 1.41 bits per heavy atom. The Morgan fingerprint density at radius 3 is 2.06 bits per heavy atom. The number of benzene rings is 2. The number of rotatable bonds is 1. The van der Waals surface area contributed by atoms with Gasteiger partial charge in [-0.15, -0.1) is 0 Å². The molecule has 2 aromatic rings. The van der Waals surface area contributed by atoms with Gasteiger partial charge < -0.3 is 19.6 Å². The van der Waals surface area contributed by atoms with Gasteiger partial charge in [-0.25, -0.2) is 0 Å². The Morgan fingerprint density at radius 1 is 0.882 bits per heavy atom. The molecule has 1 aliphatic carbocycles. The summed E-state index contributed by atoms with van der Waals surface area (Å²) in [7, 11) is 0. The number of nitrogens with two attached hydrogens (primary N) is 2. The van der Waals surface area contributed by atoms with Gasteiger partial charge in [0.2, 0.25) is 0 Å². The monoisotopic (exact) mass is 340 g/mol. The van der Waals surface area contributed by atoms with Crippen molar-refractivity contribution in [2.45, 2.75) is 0 Å².